The first-order valence-electron chi connectivity index (χ1n) is 9.53. The molecule has 1 heterocycles. The predicted molar refractivity (Wildman–Crippen MR) is 115 cm³/mol. The van der Waals surface area contributed by atoms with Crippen molar-refractivity contribution >= 4 is 31.0 Å². The molecule has 1 atom stereocenters. The van der Waals surface area contributed by atoms with E-state index in [1.165, 1.54) is 11.4 Å². The summed E-state index contributed by atoms with van der Waals surface area (Å²) in [5, 5.41) is 4.38. The van der Waals surface area contributed by atoms with Crippen molar-refractivity contribution in [1.29, 1.82) is 0 Å². The Balaban J connectivity index is 1.84. The van der Waals surface area contributed by atoms with Crippen molar-refractivity contribution in [3.05, 3.63) is 60.2 Å². The minimum absolute atomic E-state index is 0.265. The average Bonchev–Trinajstić information content (AvgIpc) is 3.14. The van der Waals surface area contributed by atoms with Crippen LogP contribution in [0.2, 0.25) is 0 Å². The lowest BCUT2D eigenvalue weighted by atomic mass is 10.0. The Bertz CT molecular complexity index is 840. The number of hydrogen-bond acceptors (Lipinski definition) is 2. The van der Waals surface area contributed by atoms with Gasteiger partial charge in [0.1, 0.15) is 0 Å². The maximum Gasteiger partial charge on any atom is 0.418 e. The SMILES string of the molecule is C=C(Nc1cccc(PC(C)C)c1)c1ccc(N2CCCC2)c(C(F)(F)F)c1. The molecule has 3 rings (SSSR count). The molecule has 0 bridgehead atoms. The minimum atomic E-state index is -4.40. The van der Waals surface area contributed by atoms with E-state index >= 15 is 0 Å². The van der Waals surface area contributed by atoms with Crippen LogP contribution in [0.15, 0.2) is 49.0 Å². The summed E-state index contributed by atoms with van der Waals surface area (Å²) in [5.74, 6) is 0. The summed E-state index contributed by atoms with van der Waals surface area (Å²) in [7, 11) is 0.688. The maximum absolute atomic E-state index is 13.7. The van der Waals surface area contributed by atoms with Crippen LogP contribution >= 0.6 is 8.58 Å². The molecule has 6 heteroatoms. The largest absolute Gasteiger partial charge is 0.418 e. The highest BCUT2D eigenvalue weighted by Crippen LogP contribution is 2.39. The standard InChI is InChI=1S/C22H26F3N2P/c1-15(2)28-19-8-6-7-18(14-19)26-16(3)17-9-10-21(27-11-4-5-12-27)20(13-17)22(23,24)25/h6-10,13-15,26,28H,3-5,11-12H2,1-2H3. The van der Waals surface area contributed by atoms with E-state index < -0.39 is 11.7 Å². The van der Waals surface area contributed by atoms with Gasteiger partial charge in [0, 0.05) is 30.2 Å². The monoisotopic (exact) mass is 406 g/mol. The third-order valence-electron chi connectivity index (χ3n) is 4.71. The molecule has 1 aliphatic rings. The Morgan fingerprint density at radius 2 is 1.82 bits per heavy atom. The highest BCUT2D eigenvalue weighted by Gasteiger charge is 2.35. The molecule has 0 aliphatic carbocycles. The molecule has 0 radical (unpaired) electrons. The van der Waals surface area contributed by atoms with Crippen molar-refractivity contribution in [2.75, 3.05) is 23.3 Å². The summed E-state index contributed by atoms with van der Waals surface area (Å²) in [6.45, 7) is 9.64. The third-order valence-corrected chi connectivity index (χ3v) is 5.93. The van der Waals surface area contributed by atoms with Gasteiger partial charge in [0.2, 0.25) is 0 Å². The Morgan fingerprint density at radius 1 is 1.11 bits per heavy atom. The lowest BCUT2D eigenvalue weighted by molar-refractivity contribution is -0.137. The van der Waals surface area contributed by atoms with Crippen molar-refractivity contribution in [1.82, 2.24) is 0 Å². The zero-order valence-electron chi connectivity index (χ0n) is 16.2. The van der Waals surface area contributed by atoms with Crippen LogP contribution in [0.1, 0.15) is 37.8 Å². The van der Waals surface area contributed by atoms with Gasteiger partial charge in [-0.15, -0.1) is 0 Å². The fraction of sp³-hybridized carbons (Fsp3) is 0.364. The Hall–Kier alpha value is -2.00. The molecule has 1 N–H and O–H groups in total. The van der Waals surface area contributed by atoms with E-state index in [-0.39, 0.29) is 5.69 Å². The fourth-order valence-corrected chi connectivity index (χ4v) is 4.55. The van der Waals surface area contributed by atoms with Crippen LogP contribution in [0.25, 0.3) is 5.70 Å². The number of hydrogen-bond donors (Lipinski definition) is 1. The van der Waals surface area contributed by atoms with Crippen molar-refractivity contribution in [2.24, 2.45) is 0 Å². The van der Waals surface area contributed by atoms with Crippen molar-refractivity contribution < 1.29 is 13.2 Å². The molecule has 0 saturated carbocycles. The first-order valence-corrected chi connectivity index (χ1v) is 10.6. The summed E-state index contributed by atoms with van der Waals surface area (Å²) in [6.07, 6.45) is -2.53. The summed E-state index contributed by atoms with van der Waals surface area (Å²) in [6, 6.07) is 12.5. The number of benzene rings is 2. The average molecular weight is 406 g/mol. The van der Waals surface area contributed by atoms with E-state index in [2.05, 4.69) is 31.8 Å². The molecule has 1 unspecified atom stereocenters. The van der Waals surface area contributed by atoms with Crippen LogP contribution in [0.4, 0.5) is 24.5 Å². The van der Waals surface area contributed by atoms with Gasteiger partial charge in [0.15, 0.2) is 0 Å². The van der Waals surface area contributed by atoms with E-state index in [0.29, 0.717) is 38.6 Å². The Kier molecular flexibility index (Phi) is 6.34. The lowest BCUT2D eigenvalue weighted by Crippen LogP contribution is -2.22. The van der Waals surface area contributed by atoms with E-state index in [1.807, 2.05) is 23.1 Å². The quantitative estimate of drug-likeness (QED) is 0.583. The number of halogens is 3. The minimum Gasteiger partial charge on any atom is -0.371 e. The first-order chi connectivity index (χ1) is 13.2. The number of anilines is 2. The molecular weight excluding hydrogens is 380 g/mol. The van der Waals surface area contributed by atoms with E-state index in [0.717, 1.165) is 18.5 Å². The second-order valence-electron chi connectivity index (χ2n) is 7.41. The first kappa shape index (κ1) is 20.7. The molecule has 0 aromatic heterocycles. The van der Waals surface area contributed by atoms with Gasteiger partial charge in [0.05, 0.1) is 5.56 Å². The second kappa shape index (κ2) is 8.57. The van der Waals surface area contributed by atoms with Crippen LogP contribution in [-0.2, 0) is 6.18 Å². The maximum atomic E-state index is 13.7. The highest BCUT2D eigenvalue weighted by molar-refractivity contribution is 7.47. The van der Waals surface area contributed by atoms with Crippen LogP contribution in [0, 0.1) is 0 Å². The van der Waals surface area contributed by atoms with Gasteiger partial charge in [-0.25, -0.2) is 0 Å². The second-order valence-corrected chi connectivity index (χ2v) is 9.43. The van der Waals surface area contributed by atoms with Gasteiger partial charge in [-0.05, 0) is 53.6 Å². The number of nitrogens with zero attached hydrogens (tertiary/aromatic N) is 1. The summed E-state index contributed by atoms with van der Waals surface area (Å²) in [4.78, 5) is 1.82. The van der Waals surface area contributed by atoms with Crippen LogP contribution in [0.5, 0.6) is 0 Å². The van der Waals surface area contributed by atoms with E-state index in [4.69, 9.17) is 0 Å². The van der Waals surface area contributed by atoms with Gasteiger partial charge in [-0.1, -0.05) is 47.2 Å². The number of alkyl halides is 3. The molecule has 1 fully saturated rings. The predicted octanol–water partition coefficient (Wildman–Crippen LogP) is 6.10. The molecule has 2 aromatic rings. The van der Waals surface area contributed by atoms with Crippen LogP contribution < -0.4 is 15.5 Å². The van der Waals surface area contributed by atoms with Crippen molar-refractivity contribution in [3.63, 3.8) is 0 Å². The zero-order valence-corrected chi connectivity index (χ0v) is 17.2. The molecule has 1 aliphatic heterocycles. The molecule has 28 heavy (non-hydrogen) atoms. The molecule has 0 amide bonds. The van der Waals surface area contributed by atoms with Gasteiger partial charge >= 0.3 is 6.18 Å². The summed E-state index contributed by atoms with van der Waals surface area (Å²) < 4.78 is 41.0. The normalized spacial score (nSPS) is 15.0. The zero-order chi connectivity index (χ0) is 20.3. The lowest BCUT2D eigenvalue weighted by Gasteiger charge is -2.24. The topological polar surface area (TPSA) is 15.3 Å². The van der Waals surface area contributed by atoms with Gasteiger partial charge < -0.3 is 10.2 Å². The molecule has 1 saturated heterocycles. The Labute approximate surface area is 166 Å². The fourth-order valence-electron chi connectivity index (χ4n) is 3.45. The van der Waals surface area contributed by atoms with Crippen molar-refractivity contribution in [3.8, 4) is 0 Å². The van der Waals surface area contributed by atoms with Gasteiger partial charge in [0.25, 0.3) is 0 Å². The summed E-state index contributed by atoms with van der Waals surface area (Å²) >= 11 is 0. The molecule has 2 nitrogen and oxygen atoms in total. The Morgan fingerprint density at radius 3 is 2.46 bits per heavy atom. The van der Waals surface area contributed by atoms with E-state index in [1.54, 1.807) is 12.1 Å². The number of nitrogens with one attached hydrogen (secondary N) is 1. The van der Waals surface area contributed by atoms with Crippen molar-refractivity contribution in [2.45, 2.75) is 38.5 Å². The molecule has 150 valence electrons. The van der Waals surface area contributed by atoms with Crippen LogP contribution in [0.3, 0.4) is 0 Å². The smallest absolute Gasteiger partial charge is 0.371 e. The van der Waals surface area contributed by atoms with Gasteiger partial charge in [-0.3, -0.25) is 0 Å². The summed E-state index contributed by atoms with van der Waals surface area (Å²) in [5.41, 5.74) is 1.99. The van der Waals surface area contributed by atoms with Gasteiger partial charge in [-0.2, -0.15) is 13.2 Å². The van der Waals surface area contributed by atoms with Crippen LogP contribution in [-0.4, -0.2) is 18.7 Å². The molecule has 0 spiro atoms. The molecular formula is C22H26F3N2P. The van der Waals surface area contributed by atoms with E-state index in [9.17, 15) is 13.2 Å². The third kappa shape index (κ3) is 5.08. The highest BCUT2D eigenvalue weighted by atomic mass is 31.1. The molecule has 2 aromatic carbocycles. The number of rotatable bonds is 6.